The van der Waals surface area contributed by atoms with Crippen LogP contribution in [-0.4, -0.2) is 17.5 Å². The summed E-state index contributed by atoms with van der Waals surface area (Å²) in [4.78, 5) is 22.6. The van der Waals surface area contributed by atoms with Crippen molar-refractivity contribution in [3.8, 4) is 6.07 Å². The molecule has 1 aromatic carbocycles. The lowest BCUT2D eigenvalue weighted by molar-refractivity contribution is -0.121. The molecule has 2 rings (SSSR count). The zero-order valence-corrected chi connectivity index (χ0v) is 9.74. The van der Waals surface area contributed by atoms with Gasteiger partial charge in [0.25, 0.3) is 5.91 Å². The molecule has 7 heteroatoms. The second kappa shape index (κ2) is 5.27. The molecule has 0 aliphatic carbocycles. The molecule has 19 heavy (non-hydrogen) atoms. The van der Waals surface area contributed by atoms with Gasteiger partial charge in [0, 0.05) is 12.8 Å². The maximum atomic E-state index is 13.6. The van der Waals surface area contributed by atoms with Crippen molar-refractivity contribution < 1.29 is 14.0 Å². The first kappa shape index (κ1) is 12.7. The molecule has 0 fully saturated rings. The summed E-state index contributed by atoms with van der Waals surface area (Å²) >= 11 is 0. The van der Waals surface area contributed by atoms with Crippen molar-refractivity contribution in [2.24, 2.45) is 5.10 Å². The predicted octanol–water partition coefficient (Wildman–Crippen LogP) is 0.902. The van der Waals surface area contributed by atoms with Gasteiger partial charge in [-0.2, -0.15) is 10.4 Å². The Hall–Kier alpha value is -2.75. The highest BCUT2D eigenvalue weighted by Crippen LogP contribution is 2.15. The van der Waals surface area contributed by atoms with E-state index in [1.807, 2.05) is 0 Å². The normalized spacial score (nSPS) is 14.1. The van der Waals surface area contributed by atoms with E-state index in [2.05, 4.69) is 15.8 Å². The van der Waals surface area contributed by atoms with Crippen LogP contribution in [0.4, 0.5) is 10.1 Å². The zero-order chi connectivity index (χ0) is 13.8. The predicted molar refractivity (Wildman–Crippen MR) is 64.6 cm³/mol. The number of nitriles is 1. The molecule has 1 heterocycles. The third-order valence-corrected chi connectivity index (χ3v) is 2.51. The van der Waals surface area contributed by atoms with Crippen LogP contribution in [0.2, 0.25) is 0 Å². The van der Waals surface area contributed by atoms with Crippen molar-refractivity contribution in [3.05, 3.63) is 29.6 Å². The number of carbonyl (C=O) groups is 2. The number of anilines is 1. The average molecular weight is 260 g/mol. The number of amides is 2. The lowest BCUT2D eigenvalue weighted by Gasteiger charge is -2.12. The SMILES string of the molecule is N#Cc1ccc(NC(=O)C2=NNC(=O)CC2)c(F)c1. The average Bonchev–Trinajstić information content (AvgIpc) is 2.41. The Kier molecular flexibility index (Phi) is 3.52. The van der Waals surface area contributed by atoms with E-state index in [9.17, 15) is 14.0 Å². The lowest BCUT2D eigenvalue weighted by Crippen LogP contribution is -2.32. The van der Waals surface area contributed by atoms with Gasteiger partial charge in [0.15, 0.2) is 0 Å². The molecule has 1 aromatic rings. The van der Waals surface area contributed by atoms with Crippen LogP contribution in [0.15, 0.2) is 23.3 Å². The second-order valence-corrected chi connectivity index (χ2v) is 3.85. The number of benzene rings is 1. The Bertz CT molecular complexity index is 619. The Labute approximate surface area is 107 Å². The summed E-state index contributed by atoms with van der Waals surface area (Å²) in [5, 5.41) is 14.5. The quantitative estimate of drug-likeness (QED) is 0.827. The highest BCUT2D eigenvalue weighted by atomic mass is 19.1. The number of rotatable bonds is 2. The highest BCUT2D eigenvalue weighted by Gasteiger charge is 2.19. The minimum absolute atomic E-state index is 0.0383. The molecule has 0 bridgehead atoms. The molecule has 96 valence electrons. The number of halogens is 1. The van der Waals surface area contributed by atoms with Gasteiger partial charge in [-0.1, -0.05) is 0 Å². The van der Waals surface area contributed by atoms with E-state index in [4.69, 9.17) is 5.26 Å². The molecule has 2 N–H and O–H groups in total. The number of hydrazone groups is 1. The van der Waals surface area contributed by atoms with Gasteiger partial charge in [-0.25, -0.2) is 9.82 Å². The van der Waals surface area contributed by atoms with Gasteiger partial charge in [0.05, 0.1) is 17.3 Å². The van der Waals surface area contributed by atoms with Crippen molar-refractivity contribution in [1.82, 2.24) is 5.43 Å². The Balaban J connectivity index is 2.11. The van der Waals surface area contributed by atoms with Crippen LogP contribution < -0.4 is 10.7 Å². The van der Waals surface area contributed by atoms with Crippen LogP contribution in [-0.2, 0) is 9.59 Å². The van der Waals surface area contributed by atoms with Gasteiger partial charge in [-0.15, -0.1) is 0 Å². The van der Waals surface area contributed by atoms with Crippen LogP contribution in [0.1, 0.15) is 18.4 Å². The monoisotopic (exact) mass is 260 g/mol. The van der Waals surface area contributed by atoms with E-state index >= 15 is 0 Å². The topological polar surface area (TPSA) is 94.3 Å². The highest BCUT2D eigenvalue weighted by molar-refractivity contribution is 6.43. The molecule has 2 amide bonds. The van der Waals surface area contributed by atoms with Crippen molar-refractivity contribution in [2.45, 2.75) is 12.8 Å². The number of nitrogens with one attached hydrogen (secondary N) is 2. The molecule has 0 radical (unpaired) electrons. The van der Waals surface area contributed by atoms with Gasteiger partial charge < -0.3 is 5.32 Å². The Morgan fingerprint density at radius 2 is 2.26 bits per heavy atom. The molecular weight excluding hydrogens is 251 g/mol. The van der Waals surface area contributed by atoms with Gasteiger partial charge >= 0.3 is 0 Å². The zero-order valence-electron chi connectivity index (χ0n) is 9.74. The summed E-state index contributed by atoms with van der Waals surface area (Å²) in [6.07, 6.45) is 0.373. The molecule has 1 aliphatic heterocycles. The summed E-state index contributed by atoms with van der Waals surface area (Å²) in [5.74, 6) is -1.54. The maximum Gasteiger partial charge on any atom is 0.271 e. The molecule has 6 nitrogen and oxygen atoms in total. The first-order chi connectivity index (χ1) is 9.10. The summed E-state index contributed by atoms with van der Waals surface area (Å²) in [7, 11) is 0. The Morgan fingerprint density at radius 3 is 2.84 bits per heavy atom. The van der Waals surface area contributed by atoms with Gasteiger partial charge in [-0.3, -0.25) is 9.59 Å². The van der Waals surface area contributed by atoms with Gasteiger partial charge in [-0.05, 0) is 18.2 Å². The number of nitrogens with zero attached hydrogens (tertiary/aromatic N) is 2. The lowest BCUT2D eigenvalue weighted by atomic mass is 10.1. The van der Waals surface area contributed by atoms with Gasteiger partial charge in [0.2, 0.25) is 5.91 Å². The molecule has 0 aromatic heterocycles. The fourth-order valence-electron chi connectivity index (χ4n) is 1.52. The van der Waals surface area contributed by atoms with Crippen LogP contribution in [0, 0.1) is 17.1 Å². The first-order valence-electron chi connectivity index (χ1n) is 5.46. The van der Waals surface area contributed by atoms with Crippen LogP contribution >= 0.6 is 0 Å². The Morgan fingerprint density at radius 1 is 1.47 bits per heavy atom. The molecule has 0 unspecified atom stereocenters. The molecule has 0 atom stereocenters. The molecule has 0 spiro atoms. The maximum absolute atomic E-state index is 13.6. The number of carbonyl (C=O) groups excluding carboxylic acids is 2. The fraction of sp³-hybridized carbons (Fsp3) is 0.167. The summed E-state index contributed by atoms with van der Waals surface area (Å²) < 4.78 is 13.6. The van der Waals surface area contributed by atoms with Crippen molar-refractivity contribution >= 4 is 23.2 Å². The van der Waals surface area contributed by atoms with Crippen LogP contribution in [0.3, 0.4) is 0 Å². The van der Waals surface area contributed by atoms with Crippen molar-refractivity contribution in [2.75, 3.05) is 5.32 Å². The van der Waals surface area contributed by atoms with Gasteiger partial charge in [0.1, 0.15) is 11.5 Å². The van der Waals surface area contributed by atoms with E-state index in [1.165, 1.54) is 12.1 Å². The second-order valence-electron chi connectivity index (χ2n) is 3.85. The van der Waals surface area contributed by atoms with E-state index in [0.717, 1.165) is 6.07 Å². The summed E-state index contributed by atoms with van der Waals surface area (Å²) in [6, 6.07) is 5.51. The van der Waals surface area contributed by atoms with E-state index in [-0.39, 0.29) is 35.7 Å². The van der Waals surface area contributed by atoms with E-state index in [1.54, 1.807) is 6.07 Å². The minimum atomic E-state index is -0.701. The van der Waals surface area contributed by atoms with E-state index < -0.39 is 11.7 Å². The molecule has 1 aliphatic rings. The summed E-state index contributed by atoms with van der Waals surface area (Å²) in [6.45, 7) is 0. The third-order valence-electron chi connectivity index (χ3n) is 2.51. The van der Waals surface area contributed by atoms with Crippen LogP contribution in [0.5, 0.6) is 0 Å². The molecule has 0 saturated carbocycles. The van der Waals surface area contributed by atoms with Crippen molar-refractivity contribution in [1.29, 1.82) is 5.26 Å². The van der Waals surface area contributed by atoms with Crippen LogP contribution in [0.25, 0.3) is 0 Å². The van der Waals surface area contributed by atoms with Crippen molar-refractivity contribution in [3.63, 3.8) is 0 Å². The number of hydrogen-bond donors (Lipinski definition) is 2. The smallest absolute Gasteiger partial charge is 0.271 e. The minimum Gasteiger partial charge on any atom is -0.318 e. The fourth-order valence-corrected chi connectivity index (χ4v) is 1.52. The third kappa shape index (κ3) is 2.93. The molecule has 0 saturated heterocycles. The van der Waals surface area contributed by atoms with E-state index in [0.29, 0.717) is 0 Å². The number of hydrogen-bond acceptors (Lipinski definition) is 4. The molecular formula is C12H9FN4O2. The largest absolute Gasteiger partial charge is 0.318 e. The standard InChI is InChI=1S/C12H9FN4O2/c13-8-5-7(6-14)1-2-9(8)15-12(19)10-3-4-11(18)17-16-10/h1-2,5H,3-4H2,(H,15,19)(H,17,18). The summed E-state index contributed by atoms with van der Waals surface area (Å²) in [5.41, 5.74) is 2.44. The first-order valence-corrected chi connectivity index (χ1v) is 5.46.